The third kappa shape index (κ3) is 5.91. The van der Waals surface area contributed by atoms with Gasteiger partial charge in [0, 0.05) is 29.4 Å². The van der Waals surface area contributed by atoms with E-state index in [0.29, 0.717) is 5.82 Å². The molecule has 0 radical (unpaired) electrons. The van der Waals surface area contributed by atoms with Gasteiger partial charge in [0.25, 0.3) is 0 Å². The first-order chi connectivity index (χ1) is 24.7. The summed E-state index contributed by atoms with van der Waals surface area (Å²) >= 11 is 0. The van der Waals surface area contributed by atoms with Gasteiger partial charge in [-0.1, -0.05) is 146 Å². The summed E-state index contributed by atoms with van der Waals surface area (Å²) in [4.78, 5) is 14.8. The molecule has 0 aliphatic carbocycles. The van der Waals surface area contributed by atoms with Crippen molar-refractivity contribution in [3.05, 3.63) is 175 Å². The molecule has 1 aliphatic rings. The number of aliphatic imine (C=N–C) groups is 1. The van der Waals surface area contributed by atoms with Gasteiger partial charge in [-0.2, -0.15) is 0 Å². The number of allylic oxidation sites excluding steroid dienone is 1. The highest BCUT2D eigenvalue weighted by Gasteiger charge is 2.13. The molecule has 9 rings (SSSR count). The van der Waals surface area contributed by atoms with Crippen molar-refractivity contribution >= 4 is 33.3 Å². The second-order valence-corrected chi connectivity index (χ2v) is 12.8. The minimum Gasteiger partial charge on any atom is -0.292 e. The summed E-state index contributed by atoms with van der Waals surface area (Å²) in [5.74, 6) is 0.699. The van der Waals surface area contributed by atoms with E-state index in [1.165, 1.54) is 43.8 Å². The van der Waals surface area contributed by atoms with Crippen molar-refractivity contribution in [2.24, 2.45) is 4.99 Å². The monoisotopic (exact) mass is 639 g/mol. The maximum Gasteiger partial charge on any atom is 0.160 e. The number of aromatic nitrogens is 2. The third-order valence-electron chi connectivity index (χ3n) is 9.56. The standard InChI is InChI=1S/C47H33N3/c1-3-9-38-27-41(24-18-32(38)7-1)34-16-22-37(23-17-34)47-49-45(36-20-14-35(15-21-36)44-13-6-26-48-31-44)30-46(50-47)43-12-5-11-40(29-43)42-25-19-33-8-2-4-10-39(33)28-42/h1-5,7-25,27-31H,6,26H2. The van der Waals surface area contributed by atoms with Crippen LogP contribution in [0.3, 0.4) is 0 Å². The molecule has 1 aliphatic heterocycles. The normalized spacial score (nSPS) is 12.7. The quantitative estimate of drug-likeness (QED) is 0.182. The van der Waals surface area contributed by atoms with Crippen molar-refractivity contribution in [3.63, 3.8) is 0 Å². The van der Waals surface area contributed by atoms with Crippen molar-refractivity contribution in [3.8, 4) is 56.2 Å². The average Bonchev–Trinajstić information content (AvgIpc) is 3.21. The highest BCUT2D eigenvalue weighted by atomic mass is 14.9. The number of nitrogens with zero attached hydrogens (tertiary/aromatic N) is 3. The van der Waals surface area contributed by atoms with E-state index < -0.39 is 0 Å². The Morgan fingerprint density at radius 3 is 1.54 bits per heavy atom. The van der Waals surface area contributed by atoms with Crippen LogP contribution in [0.4, 0.5) is 0 Å². The Morgan fingerprint density at radius 1 is 0.360 bits per heavy atom. The van der Waals surface area contributed by atoms with E-state index in [1.54, 1.807) is 0 Å². The van der Waals surface area contributed by atoms with Crippen LogP contribution in [0.2, 0.25) is 0 Å². The molecule has 0 spiro atoms. The van der Waals surface area contributed by atoms with Crippen LogP contribution < -0.4 is 0 Å². The molecule has 1 aromatic heterocycles. The van der Waals surface area contributed by atoms with Crippen LogP contribution >= 0.6 is 0 Å². The first-order valence-electron chi connectivity index (χ1n) is 17.1. The zero-order chi connectivity index (χ0) is 33.3. The summed E-state index contributed by atoms with van der Waals surface area (Å²) in [7, 11) is 0. The first-order valence-corrected chi connectivity index (χ1v) is 17.1. The molecule has 0 amide bonds. The van der Waals surface area contributed by atoms with Crippen LogP contribution in [0, 0.1) is 0 Å². The summed E-state index contributed by atoms with van der Waals surface area (Å²) in [5.41, 5.74) is 11.9. The number of fused-ring (bicyclic) bond motifs is 2. The lowest BCUT2D eigenvalue weighted by molar-refractivity contribution is 1.01. The number of hydrogen-bond donors (Lipinski definition) is 0. The van der Waals surface area contributed by atoms with Gasteiger partial charge >= 0.3 is 0 Å². The Labute approximate surface area is 292 Å². The van der Waals surface area contributed by atoms with Gasteiger partial charge in [0.2, 0.25) is 0 Å². The predicted octanol–water partition coefficient (Wildman–Crippen LogP) is 12.0. The molecule has 3 heteroatoms. The van der Waals surface area contributed by atoms with E-state index in [1.807, 2.05) is 6.21 Å². The lowest BCUT2D eigenvalue weighted by Crippen LogP contribution is -1.97. The molecule has 7 aromatic carbocycles. The van der Waals surface area contributed by atoms with Crippen LogP contribution in [0.5, 0.6) is 0 Å². The van der Waals surface area contributed by atoms with Gasteiger partial charge in [-0.3, -0.25) is 4.99 Å². The molecule has 0 saturated carbocycles. The Kier molecular flexibility index (Phi) is 7.64. The second-order valence-electron chi connectivity index (χ2n) is 12.8. The second kappa shape index (κ2) is 12.9. The van der Waals surface area contributed by atoms with E-state index in [4.69, 9.17) is 9.97 Å². The van der Waals surface area contributed by atoms with Crippen molar-refractivity contribution < 1.29 is 0 Å². The van der Waals surface area contributed by atoms with Crippen molar-refractivity contribution in [2.45, 2.75) is 6.42 Å². The number of benzene rings is 7. The van der Waals surface area contributed by atoms with Crippen LogP contribution in [0.15, 0.2) is 175 Å². The smallest absolute Gasteiger partial charge is 0.160 e. The predicted molar refractivity (Wildman–Crippen MR) is 210 cm³/mol. The molecule has 3 nitrogen and oxygen atoms in total. The minimum absolute atomic E-state index is 0.699. The molecule has 0 atom stereocenters. The van der Waals surface area contributed by atoms with Gasteiger partial charge in [0.15, 0.2) is 5.82 Å². The lowest BCUT2D eigenvalue weighted by Gasteiger charge is -2.12. The fraction of sp³-hybridized carbons (Fsp3) is 0.0426. The fourth-order valence-corrected chi connectivity index (χ4v) is 6.82. The van der Waals surface area contributed by atoms with Gasteiger partial charge < -0.3 is 0 Å². The van der Waals surface area contributed by atoms with Crippen molar-refractivity contribution in [1.82, 2.24) is 9.97 Å². The van der Waals surface area contributed by atoms with Crippen molar-refractivity contribution in [2.75, 3.05) is 6.54 Å². The van der Waals surface area contributed by atoms with Crippen LogP contribution in [0.1, 0.15) is 12.0 Å². The van der Waals surface area contributed by atoms with Crippen LogP contribution in [-0.4, -0.2) is 22.7 Å². The van der Waals surface area contributed by atoms with E-state index in [0.717, 1.165) is 52.2 Å². The van der Waals surface area contributed by atoms with Crippen LogP contribution in [-0.2, 0) is 0 Å². The highest BCUT2D eigenvalue weighted by Crippen LogP contribution is 2.33. The SMILES string of the molecule is C1=NCCC=C1c1ccc(-c2cc(-c3cccc(-c4ccc5ccccc5c4)c3)nc(-c3ccc(-c4ccc5ccccc5c4)cc3)n2)cc1. The minimum atomic E-state index is 0.699. The molecule has 0 bridgehead atoms. The first kappa shape index (κ1) is 29.7. The highest BCUT2D eigenvalue weighted by molar-refractivity contribution is 6.10. The molecule has 0 N–H and O–H groups in total. The van der Waals surface area contributed by atoms with Crippen LogP contribution in [0.25, 0.3) is 83.3 Å². The van der Waals surface area contributed by atoms with Gasteiger partial charge in [0.1, 0.15) is 0 Å². The van der Waals surface area contributed by atoms with Gasteiger partial charge in [0.05, 0.1) is 11.4 Å². The van der Waals surface area contributed by atoms with Gasteiger partial charge in [-0.05, 0) is 85.6 Å². The molecule has 0 saturated heterocycles. The maximum absolute atomic E-state index is 5.18. The van der Waals surface area contributed by atoms with E-state index in [9.17, 15) is 0 Å². The summed E-state index contributed by atoms with van der Waals surface area (Å²) in [6.45, 7) is 0.860. The maximum atomic E-state index is 5.18. The largest absolute Gasteiger partial charge is 0.292 e. The number of hydrogen-bond acceptors (Lipinski definition) is 3. The zero-order valence-corrected chi connectivity index (χ0v) is 27.5. The summed E-state index contributed by atoms with van der Waals surface area (Å²) in [6.07, 6.45) is 5.21. The Bertz CT molecular complexity index is 2580. The van der Waals surface area contributed by atoms with E-state index in [2.05, 4.69) is 175 Å². The fourth-order valence-electron chi connectivity index (χ4n) is 6.82. The summed E-state index contributed by atoms with van der Waals surface area (Å²) < 4.78 is 0. The summed E-state index contributed by atoms with van der Waals surface area (Å²) in [5, 5.41) is 4.95. The topological polar surface area (TPSA) is 38.1 Å². The molecular weight excluding hydrogens is 607 g/mol. The molecule has 50 heavy (non-hydrogen) atoms. The van der Waals surface area contributed by atoms with Gasteiger partial charge in [-0.15, -0.1) is 0 Å². The molecule has 2 heterocycles. The van der Waals surface area contributed by atoms with Crippen molar-refractivity contribution in [1.29, 1.82) is 0 Å². The molecule has 236 valence electrons. The van der Waals surface area contributed by atoms with E-state index in [-0.39, 0.29) is 0 Å². The lowest BCUT2D eigenvalue weighted by atomic mass is 9.97. The molecular formula is C47H33N3. The Hall–Kier alpha value is -6.45. The molecule has 0 unspecified atom stereocenters. The number of dihydropyridines is 1. The average molecular weight is 640 g/mol. The Balaban J connectivity index is 1.12. The third-order valence-corrected chi connectivity index (χ3v) is 9.56. The van der Waals surface area contributed by atoms with Gasteiger partial charge in [-0.25, -0.2) is 9.97 Å². The zero-order valence-electron chi connectivity index (χ0n) is 27.5. The summed E-state index contributed by atoms with van der Waals surface area (Å²) in [6, 6.07) is 58.3. The number of rotatable bonds is 6. The molecule has 0 fully saturated rings. The Morgan fingerprint density at radius 2 is 0.880 bits per heavy atom. The van der Waals surface area contributed by atoms with E-state index >= 15 is 0 Å². The molecule has 8 aromatic rings.